The first-order valence-electron chi connectivity index (χ1n) is 5.61. The Morgan fingerprint density at radius 2 is 2.00 bits per heavy atom. The molecule has 1 aromatic rings. The Morgan fingerprint density at radius 3 is 2.47 bits per heavy atom. The molecular formula is C12H21NOS. The normalized spacial score (nSPS) is 13.5. The molecule has 0 saturated heterocycles. The highest BCUT2D eigenvalue weighted by Gasteiger charge is 2.09. The second-order valence-electron chi connectivity index (χ2n) is 4.45. The van der Waals surface area contributed by atoms with Crippen molar-refractivity contribution >= 4 is 11.3 Å². The predicted octanol–water partition coefficient (Wildman–Crippen LogP) is 3.10. The number of aromatic nitrogens is 1. The zero-order valence-corrected chi connectivity index (χ0v) is 10.9. The van der Waals surface area contributed by atoms with E-state index in [9.17, 15) is 5.11 Å². The summed E-state index contributed by atoms with van der Waals surface area (Å²) < 4.78 is 0. The average Bonchev–Trinajstić information content (AvgIpc) is 2.46. The lowest BCUT2D eigenvalue weighted by Gasteiger charge is -2.13. The van der Waals surface area contributed by atoms with Crippen LogP contribution in [0, 0.1) is 19.8 Å². The Labute approximate surface area is 96.4 Å². The number of aryl methyl sites for hydroxylation is 3. The topological polar surface area (TPSA) is 33.1 Å². The molecule has 0 amide bonds. The zero-order valence-electron chi connectivity index (χ0n) is 10.1. The van der Waals surface area contributed by atoms with Crippen LogP contribution in [0.3, 0.4) is 0 Å². The molecule has 0 aliphatic heterocycles. The summed E-state index contributed by atoms with van der Waals surface area (Å²) in [5.41, 5.74) is 1.15. The highest BCUT2D eigenvalue weighted by atomic mass is 32.1. The lowest BCUT2D eigenvalue weighted by Crippen LogP contribution is -2.14. The fourth-order valence-corrected chi connectivity index (χ4v) is 2.42. The molecule has 0 aliphatic rings. The molecule has 1 atom stereocenters. The van der Waals surface area contributed by atoms with Gasteiger partial charge in [0.1, 0.15) is 0 Å². The fourth-order valence-electron chi connectivity index (χ4n) is 1.44. The number of aliphatic hydroxyl groups excluding tert-OH is 1. The summed E-state index contributed by atoms with van der Waals surface area (Å²) in [6, 6.07) is 0. The Bertz CT molecular complexity index is 287. The van der Waals surface area contributed by atoms with Crippen molar-refractivity contribution in [3.05, 3.63) is 15.6 Å². The van der Waals surface area contributed by atoms with Gasteiger partial charge in [0.05, 0.1) is 16.8 Å². The van der Waals surface area contributed by atoms with E-state index in [2.05, 4.69) is 32.7 Å². The molecule has 0 spiro atoms. The summed E-state index contributed by atoms with van der Waals surface area (Å²) in [5.74, 6) is 0.366. The van der Waals surface area contributed by atoms with Gasteiger partial charge in [-0.25, -0.2) is 4.98 Å². The predicted molar refractivity (Wildman–Crippen MR) is 65.4 cm³/mol. The number of hydrogen-bond acceptors (Lipinski definition) is 3. The number of thiazole rings is 1. The maximum absolute atomic E-state index is 9.65. The van der Waals surface area contributed by atoms with E-state index < -0.39 is 0 Å². The molecule has 1 rings (SSSR count). The molecule has 1 aromatic heterocycles. The van der Waals surface area contributed by atoms with Crippen LogP contribution in [-0.2, 0) is 6.42 Å². The molecule has 2 nitrogen and oxygen atoms in total. The quantitative estimate of drug-likeness (QED) is 0.838. The maximum atomic E-state index is 9.65. The highest BCUT2D eigenvalue weighted by Crippen LogP contribution is 2.19. The highest BCUT2D eigenvalue weighted by molar-refractivity contribution is 7.11. The van der Waals surface area contributed by atoms with E-state index in [0.29, 0.717) is 5.92 Å². The second-order valence-corrected chi connectivity index (χ2v) is 5.74. The van der Waals surface area contributed by atoms with Crippen LogP contribution >= 0.6 is 11.3 Å². The standard InChI is InChI=1S/C12H21NOS/c1-8(2)11(14)6-5-7-12-13-9(3)10(4)15-12/h8,11,14H,5-7H2,1-4H3. The number of nitrogens with zero attached hydrogens (tertiary/aromatic N) is 1. The van der Waals surface area contributed by atoms with Crippen molar-refractivity contribution in [2.45, 2.75) is 53.1 Å². The molecule has 1 N–H and O–H groups in total. The van der Waals surface area contributed by atoms with E-state index in [-0.39, 0.29) is 6.10 Å². The minimum absolute atomic E-state index is 0.160. The molecule has 0 aliphatic carbocycles. The Kier molecular flexibility index (Phi) is 4.74. The Hall–Kier alpha value is -0.410. The van der Waals surface area contributed by atoms with Crippen LogP contribution in [0.15, 0.2) is 0 Å². The molecule has 86 valence electrons. The van der Waals surface area contributed by atoms with Crippen LogP contribution in [0.2, 0.25) is 0 Å². The largest absolute Gasteiger partial charge is 0.393 e. The lowest BCUT2D eigenvalue weighted by molar-refractivity contribution is 0.114. The first-order chi connectivity index (χ1) is 7.00. The van der Waals surface area contributed by atoms with Gasteiger partial charge in [0.25, 0.3) is 0 Å². The Morgan fingerprint density at radius 1 is 1.33 bits per heavy atom. The van der Waals surface area contributed by atoms with Crippen molar-refractivity contribution in [2.75, 3.05) is 0 Å². The van der Waals surface area contributed by atoms with Crippen LogP contribution in [0.25, 0.3) is 0 Å². The summed E-state index contributed by atoms with van der Waals surface area (Å²) >= 11 is 1.78. The van der Waals surface area contributed by atoms with Gasteiger partial charge in [0, 0.05) is 4.88 Å². The van der Waals surface area contributed by atoms with Crippen LogP contribution in [0.5, 0.6) is 0 Å². The van der Waals surface area contributed by atoms with E-state index in [0.717, 1.165) is 25.0 Å². The molecule has 0 radical (unpaired) electrons. The minimum Gasteiger partial charge on any atom is -0.393 e. The fraction of sp³-hybridized carbons (Fsp3) is 0.750. The second kappa shape index (κ2) is 5.61. The van der Waals surface area contributed by atoms with Crippen molar-refractivity contribution < 1.29 is 5.11 Å². The lowest BCUT2D eigenvalue weighted by atomic mass is 10.0. The van der Waals surface area contributed by atoms with Gasteiger partial charge in [0.2, 0.25) is 0 Å². The van der Waals surface area contributed by atoms with Crippen molar-refractivity contribution in [3.8, 4) is 0 Å². The summed E-state index contributed by atoms with van der Waals surface area (Å²) in [5, 5.41) is 10.9. The molecule has 1 heterocycles. The molecule has 0 bridgehead atoms. The summed E-state index contributed by atoms with van der Waals surface area (Å²) in [4.78, 5) is 5.80. The number of aliphatic hydroxyl groups is 1. The van der Waals surface area contributed by atoms with Crippen molar-refractivity contribution in [1.29, 1.82) is 0 Å². The van der Waals surface area contributed by atoms with Crippen LogP contribution in [0.1, 0.15) is 42.3 Å². The van der Waals surface area contributed by atoms with Crippen LogP contribution in [0.4, 0.5) is 0 Å². The number of hydrogen-bond donors (Lipinski definition) is 1. The summed E-state index contributed by atoms with van der Waals surface area (Å²) in [7, 11) is 0. The van der Waals surface area contributed by atoms with E-state index in [1.54, 1.807) is 11.3 Å². The van der Waals surface area contributed by atoms with E-state index in [1.807, 2.05) is 0 Å². The maximum Gasteiger partial charge on any atom is 0.0930 e. The van der Waals surface area contributed by atoms with Gasteiger partial charge in [-0.15, -0.1) is 11.3 Å². The minimum atomic E-state index is -0.160. The van der Waals surface area contributed by atoms with Gasteiger partial charge >= 0.3 is 0 Å². The Balaban J connectivity index is 2.32. The van der Waals surface area contributed by atoms with Gasteiger partial charge in [-0.2, -0.15) is 0 Å². The molecule has 0 aromatic carbocycles. The van der Waals surface area contributed by atoms with Crippen molar-refractivity contribution in [1.82, 2.24) is 4.98 Å². The van der Waals surface area contributed by atoms with Gasteiger partial charge in [0.15, 0.2) is 0 Å². The van der Waals surface area contributed by atoms with Crippen LogP contribution in [-0.4, -0.2) is 16.2 Å². The number of rotatable bonds is 5. The average molecular weight is 227 g/mol. The third-order valence-electron chi connectivity index (χ3n) is 2.73. The first kappa shape index (κ1) is 12.7. The molecule has 0 fully saturated rings. The zero-order chi connectivity index (χ0) is 11.4. The van der Waals surface area contributed by atoms with E-state index >= 15 is 0 Å². The first-order valence-corrected chi connectivity index (χ1v) is 6.43. The molecular weight excluding hydrogens is 206 g/mol. The van der Waals surface area contributed by atoms with Crippen LogP contribution < -0.4 is 0 Å². The third-order valence-corrected chi connectivity index (χ3v) is 3.87. The van der Waals surface area contributed by atoms with Gasteiger partial charge in [-0.1, -0.05) is 13.8 Å². The van der Waals surface area contributed by atoms with Crippen molar-refractivity contribution in [3.63, 3.8) is 0 Å². The molecule has 15 heavy (non-hydrogen) atoms. The molecule has 0 saturated carbocycles. The van der Waals surface area contributed by atoms with E-state index in [4.69, 9.17) is 0 Å². The molecule has 1 unspecified atom stereocenters. The summed E-state index contributed by atoms with van der Waals surface area (Å²) in [6.45, 7) is 8.28. The van der Waals surface area contributed by atoms with Crippen molar-refractivity contribution in [2.24, 2.45) is 5.92 Å². The monoisotopic (exact) mass is 227 g/mol. The summed E-state index contributed by atoms with van der Waals surface area (Å²) in [6.07, 6.45) is 2.76. The van der Waals surface area contributed by atoms with Gasteiger partial charge in [-0.3, -0.25) is 0 Å². The van der Waals surface area contributed by atoms with Gasteiger partial charge in [-0.05, 0) is 39.0 Å². The SMILES string of the molecule is Cc1nc(CCCC(O)C(C)C)sc1C. The molecule has 3 heteroatoms. The van der Waals surface area contributed by atoms with E-state index in [1.165, 1.54) is 9.88 Å². The van der Waals surface area contributed by atoms with Gasteiger partial charge < -0.3 is 5.11 Å². The smallest absolute Gasteiger partial charge is 0.0930 e. The third kappa shape index (κ3) is 3.92.